The second-order valence-corrected chi connectivity index (χ2v) is 21.6. The van der Waals surface area contributed by atoms with Crippen LogP contribution in [0.25, 0.3) is 0 Å². The predicted molar refractivity (Wildman–Crippen MR) is 348 cm³/mol. The SMILES string of the molecule is CC/C=C\C/C=C\C/C=C\C/C=C\C/C=C\C/C=C\C/C=C\CCCCCCCCCCCCCCCC(=O)OCC(COC(=O)CC/C=C\C/C=C\C/C=C\C/C=C\CC)OC(=O)CCCCCCCCCCCCCCCC. The number of hydrogen-bond donors (Lipinski definition) is 0. The van der Waals surface area contributed by atoms with Gasteiger partial charge < -0.3 is 14.2 Å². The fourth-order valence-corrected chi connectivity index (χ4v) is 9.03. The molecule has 0 saturated heterocycles. The van der Waals surface area contributed by atoms with Gasteiger partial charge in [0.1, 0.15) is 13.2 Å². The molecule has 0 aliphatic carbocycles. The minimum Gasteiger partial charge on any atom is -0.462 e. The lowest BCUT2D eigenvalue weighted by Crippen LogP contribution is -2.30. The summed E-state index contributed by atoms with van der Waals surface area (Å²) in [4.78, 5) is 38.2. The summed E-state index contributed by atoms with van der Waals surface area (Å²) in [5.74, 6) is -0.980. The van der Waals surface area contributed by atoms with Crippen LogP contribution in [0.5, 0.6) is 0 Å². The third kappa shape index (κ3) is 64.4. The van der Waals surface area contributed by atoms with Crippen molar-refractivity contribution in [3.63, 3.8) is 0 Å². The van der Waals surface area contributed by atoms with E-state index in [1.54, 1.807) is 0 Å². The summed E-state index contributed by atoms with van der Waals surface area (Å²) in [5, 5.41) is 0. The van der Waals surface area contributed by atoms with Crippen LogP contribution in [-0.4, -0.2) is 37.2 Å². The second kappa shape index (κ2) is 67.1. The lowest BCUT2D eigenvalue weighted by Gasteiger charge is -2.18. The molecule has 1 unspecified atom stereocenters. The molecule has 0 radical (unpaired) electrons. The van der Waals surface area contributed by atoms with E-state index < -0.39 is 6.10 Å². The first-order valence-corrected chi connectivity index (χ1v) is 33.2. The molecule has 0 bridgehead atoms. The van der Waals surface area contributed by atoms with Gasteiger partial charge in [-0.2, -0.15) is 0 Å². The lowest BCUT2D eigenvalue weighted by atomic mass is 10.0. The Bertz CT molecular complexity index is 1700. The van der Waals surface area contributed by atoms with Crippen molar-refractivity contribution in [1.29, 1.82) is 0 Å². The first kappa shape index (κ1) is 75.5. The molecule has 0 fully saturated rings. The van der Waals surface area contributed by atoms with Crippen LogP contribution in [-0.2, 0) is 28.6 Å². The Hall–Kier alpha value is -4.45. The van der Waals surface area contributed by atoms with Crippen LogP contribution >= 0.6 is 0 Å². The Balaban J connectivity index is 4.20. The predicted octanol–water partition coefficient (Wildman–Crippen LogP) is 22.9. The standard InChI is InChI=1S/C74H122O6/c1-4-7-10-13-16-19-22-25-27-28-29-30-31-32-33-34-35-36-37-38-39-40-41-42-43-44-45-46-47-50-52-55-58-61-64-67-73(76)79-70-71(69-78-72(75)66-63-60-57-54-51-48-24-21-18-15-12-9-6-3)80-74(77)68-65-62-59-56-53-49-26-23-20-17-14-11-8-5-2/h7,9-10,12,16,18-19,21,25,27,29-30,32-33,35-36,38-39,48,51,57,60,71H,4-6,8,11,13-15,17,20,22-24,26,28,31,34,37,40-47,49-50,52-56,58-59,61-70H2,1-3H3/b10-7-,12-9-,19-16-,21-18-,27-25-,30-29-,33-32-,36-35-,39-38-,51-48-,60-57-. The number of carbonyl (C=O) groups excluding carboxylic acids is 3. The van der Waals surface area contributed by atoms with Gasteiger partial charge in [-0.3, -0.25) is 14.4 Å². The zero-order chi connectivity index (χ0) is 57.8. The van der Waals surface area contributed by atoms with Gasteiger partial charge in [0.25, 0.3) is 0 Å². The number of esters is 3. The van der Waals surface area contributed by atoms with Crippen LogP contribution < -0.4 is 0 Å². The van der Waals surface area contributed by atoms with Crippen molar-refractivity contribution < 1.29 is 28.6 Å². The first-order chi connectivity index (χ1) is 39.5. The summed E-state index contributed by atoms with van der Waals surface area (Å²) < 4.78 is 16.8. The van der Waals surface area contributed by atoms with Crippen molar-refractivity contribution in [1.82, 2.24) is 0 Å². The molecule has 0 N–H and O–H groups in total. The average molecular weight is 1110 g/mol. The largest absolute Gasteiger partial charge is 0.462 e. The maximum Gasteiger partial charge on any atom is 0.306 e. The van der Waals surface area contributed by atoms with E-state index in [9.17, 15) is 14.4 Å². The van der Waals surface area contributed by atoms with Crippen LogP contribution in [0.4, 0.5) is 0 Å². The van der Waals surface area contributed by atoms with Gasteiger partial charge in [0.2, 0.25) is 0 Å². The molecule has 0 saturated carbocycles. The van der Waals surface area contributed by atoms with Gasteiger partial charge in [0.15, 0.2) is 6.10 Å². The Labute approximate surface area is 494 Å². The van der Waals surface area contributed by atoms with E-state index in [0.29, 0.717) is 19.3 Å². The van der Waals surface area contributed by atoms with E-state index in [4.69, 9.17) is 14.2 Å². The fraction of sp³-hybridized carbons (Fsp3) is 0.662. The molecule has 0 aliphatic heterocycles. The maximum atomic E-state index is 12.9. The molecule has 80 heavy (non-hydrogen) atoms. The molecule has 6 heteroatoms. The third-order valence-electron chi connectivity index (χ3n) is 13.9. The summed E-state index contributed by atoms with van der Waals surface area (Å²) in [6.45, 7) is 6.36. The van der Waals surface area contributed by atoms with Crippen LogP contribution in [0.15, 0.2) is 134 Å². The van der Waals surface area contributed by atoms with Crippen molar-refractivity contribution in [3.8, 4) is 0 Å². The quantitative estimate of drug-likeness (QED) is 0.0261. The number of hydrogen-bond acceptors (Lipinski definition) is 6. The second-order valence-electron chi connectivity index (χ2n) is 21.6. The average Bonchev–Trinajstić information content (AvgIpc) is 3.46. The highest BCUT2D eigenvalue weighted by Gasteiger charge is 2.19. The molecule has 0 aromatic rings. The Morgan fingerprint density at radius 1 is 0.263 bits per heavy atom. The number of rotatable bonds is 59. The molecule has 1 atom stereocenters. The molecule has 0 heterocycles. The fourth-order valence-electron chi connectivity index (χ4n) is 9.03. The highest BCUT2D eigenvalue weighted by Crippen LogP contribution is 2.16. The zero-order valence-corrected chi connectivity index (χ0v) is 52.0. The molecular weight excluding hydrogens is 985 g/mol. The first-order valence-electron chi connectivity index (χ1n) is 33.2. The van der Waals surface area contributed by atoms with Crippen molar-refractivity contribution in [2.75, 3.05) is 13.2 Å². The van der Waals surface area contributed by atoms with Gasteiger partial charge in [-0.15, -0.1) is 0 Å². The Kier molecular flexibility index (Phi) is 63.3. The van der Waals surface area contributed by atoms with E-state index in [1.165, 1.54) is 141 Å². The maximum absolute atomic E-state index is 12.9. The molecular formula is C74H122O6. The van der Waals surface area contributed by atoms with Crippen LogP contribution in [0.3, 0.4) is 0 Å². The Morgan fingerprint density at radius 2 is 0.512 bits per heavy atom. The van der Waals surface area contributed by atoms with Gasteiger partial charge in [-0.1, -0.05) is 309 Å². The minimum atomic E-state index is -0.808. The van der Waals surface area contributed by atoms with E-state index in [1.807, 2.05) is 6.08 Å². The monoisotopic (exact) mass is 1110 g/mol. The van der Waals surface area contributed by atoms with E-state index >= 15 is 0 Å². The molecule has 6 nitrogen and oxygen atoms in total. The number of carbonyl (C=O) groups is 3. The van der Waals surface area contributed by atoms with Crippen molar-refractivity contribution in [3.05, 3.63) is 134 Å². The van der Waals surface area contributed by atoms with E-state index in [2.05, 4.69) is 148 Å². The van der Waals surface area contributed by atoms with Gasteiger partial charge in [0.05, 0.1) is 0 Å². The summed E-state index contributed by atoms with van der Waals surface area (Å²) in [7, 11) is 0. The molecule has 0 aromatic carbocycles. The molecule has 0 rings (SSSR count). The molecule has 0 amide bonds. The number of unbranched alkanes of at least 4 members (excludes halogenated alkanes) is 26. The normalized spacial score (nSPS) is 13.0. The topological polar surface area (TPSA) is 78.9 Å². The summed E-state index contributed by atoms with van der Waals surface area (Å²) in [5.41, 5.74) is 0. The summed E-state index contributed by atoms with van der Waals surface area (Å²) in [6, 6.07) is 0. The smallest absolute Gasteiger partial charge is 0.306 e. The summed E-state index contributed by atoms with van der Waals surface area (Å²) in [6.07, 6.45) is 94.9. The number of ether oxygens (including phenoxy) is 3. The molecule has 0 spiro atoms. The van der Waals surface area contributed by atoms with Crippen LogP contribution in [0, 0.1) is 0 Å². The molecule has 0 aromatic heterocycles. The number of allylic oxidation sites excluding steroid dienone is 22. The zero-order valence-electron chi connectivity index (χ0n) is 52.0. The van der Waals surface area contributed by atoms with Crippen molar-refractivity contribution >= 4 is 17.9 Å². The van der Waals surface area contributed by atoms with E-state index in [0.717, 1.165) is 109 Å². The van der Waals surface area contributed by atoms with Crippen molar-refractivity contribution in [2.45, 2.75) is 303 Å². The Morgan fingerprint density at radius 3 is 0.838 bits per heavy atom. The lowest BCUT2D eigenvalue weighted by molar-refractivity contribution is -0.166. The minimum absolute atomic E-state index is 0.100. The highest BCUT2D eigenvalue weighted by molar-refractivity contribution is 5.71. The van der Waals surface area contributed by atoms with Gasteiger partial charge in [-0.05, 0) is 103 Å². The molecule has 454 valence electrons. The van der Waals surface area contributed by atoms with E-state index in [-0.39, 0.29) is 37.5 Å². The van der Waals surface area contributed by atoms with Crippen LogP contribution in [0.1, 0.15) is 297 Å². The highest BCUT2D eigenvalue weighted by atomic mass is 16.6. The van der Waals surface area contributed by atoms with Crippen LogP contribution in [0.2, 0.25) is 0 Å². The molecule has 0 aliphatic rings. The third-order valence-corrected chi connectivity index (χ3v) is 13.9. The van der Waals surface area contributed by atoms with Gasteiger partial charge >= 0.3 is 17.9 Å². The van der Waals surface area contributed by atoms with Gasteiger partial charge in [0, 0.05) is 19.3 Å². The summed E-state index contributed by atoms with van der Waals surface area (Å²) >= 11 is 0. The van der Waals surface area contributed by atoms with Gasteiger partial charge in [-0.25, -0.2) is 0 Å². The van der Waals surface area contributed by atoms with Crippen molar-refractivity contribution in [2.24, 2.45) is 0 Å².